The van der Waals surface area contributed by atoms with E-state index >= 15 is 0 Å². The van der Waals surface area contributed by atoms with Crippen molar-refractivity contribution in [2.75, 3.05) is 23.4 Å². The van der Waals surface area contributed by atoms with Crippen LogP contribution in [0.3, 0.4) is 0 Å². The third kappa shape index (κ3) is 5.45. The Hall–Kier alpha value is -2.60. The van der Waals surface area contributed by atoms with Gasteiger partial charge in [0.1, 0.15) is 5.75 Å². The van der Waals surface area contributed by atoms with Gasteiger partial charge in [-0.15, -0.1) is 0 Å². The van der Waals surface area contributed by atoms with Crippen molar-refractivity contribution in [2.24, 2.45) is 0 Å². The molecule has 0 unspecified atom stereocenters. The van der Waals surface area contributed by atoms with Crippen LogP contribution in [0, 0.1) is 6.92 Å². The third-order valence-electron chi connectivity index (χ3n) is 4.97. The van der Waals surface area contributed by atoms with Crippen LogP contribution in [0.25, 0.3) is 0 Å². The van der Waals surface area contributed by atoms with E-state index < -0.39 is 0 Å². The first-order valence-corrected chi connectivity index (χ1v) is 10.1. The monoisotopic (exact) mass is 397 g/mol. The number of anilines is 2. The summed E-state index contributed by atoms with van der Waals surface area (Å²) in [5.41, 5.74) is 3.05. The fourth-order valence-corrected chi connectivity index (χ4v) is 3.64. The normalized spacial score (nSPS) is 16.4. The van der Waals surface area contributed by atoms with Crippen molar-refractivity contribution in [1.82, 2.24) is 5.32 Å². The number of amides is 1. The van der Waals surface area contributed by atoms with Crippen LogP contribution in [0.5, 0.6) is 5.75 Å². The van der Waals surface area contributed by atoms with Crippen molar-refractivity contribution in [3.05, 3.63) is 54.1 Å². The molecule has 0 spiro atoms. The van der Waals surface area contributed by atoms with Crippen LogP contribution in [0.1, 0.15) is 31.7 Å². The lowest BCUT2D eigenvalue weighted by Gasteiger charge is -2.35. The smallest absolute Gasteiger partial charge is 0.264 e. The van der Waals surface area contributed by atoms with Crippen LogP contribution < -0.4 is 20.3 Å². The van der Waals surface area contributed by atoms with Crippen LogP contribution in [0.4, 0.5) is 11.4 Å². The Morgan fingerprint density at radius 1 is 1.18 bits per heavy atom. The molecule has 2 aromatic rings. The van der Waals surface area contributed by atoms with Gasteiger partial charge in [0.2, 0.25) is 0 Å². The Bertz CT molecular complexity index is 823. The summed E-state index contributed by atoms with van der Waals surface area (Å²) in [7, 11) is 0. The summed E-state index contributed by atoms with van der Waals surface area (Å²) in [6, 6.07) is 16.3. The molecule has 1 aliphatic rings. The van der Waals surface area contributed by atoms with Gasteiger partial charge in [0.25, 0.3) is 5.91 Å². The Morgan fingerprint density at radius 3 is 2.64 bits per heavy atom. The van der Waals surface area contributed by atoms with Gasteiger partial charge in [0.05, 0.1) is 0 Å². The third-order valence-corrected chi connectivity index (χ3v) is 5.17. The molecule has 148 valence electrons. The maximum atomic E-state index is 12.1. The van der Waals surface area contributed by atoms with E-state index in [1.54, 1.807) is 0 Å². The molecule has 1 heterocycles. The molecule has 1 amide bonds. The van der Waals surface area contributed by atoms with Gasteiger partial charge in [-0.2, -0.15) is 0 Å². The average Bonchev–Trinajstić information content (AvgIpc) is 2.68. The molecule has 0 radical (unpaired) electrons. The van der Waals surface area contributed by atoms with Crippen LogP contribution in [-0.2, 0) is 4.79 Å². The Labute approximate surface area is 172 Å². The first kappa shape index (κ1) is 20.1. The molecule has 6 heteroatoms. The van der Waals surface area contributed by atoms with Crippen LogP contribution >= 0.6 is 12.2 Å². The number of nitrogens with one attached hydrogen (secondary N) is 2. The van der Waals surface area contributed by atoms with Crippen molar-refractivity contribution in [2.45, 2.75) is 39.2 Å². The first-order valence-electron chi connectivity index (χ1n) is 9.69. The fourth-order valence-electron chi connectivity index (χ4n) is 3.40. The maximum Gasteiger partial charge on any atom is 0.264 e. The number of para-hydroxylation sites is 1. The molecule has 0 aliphatic carbocycles. The zero-order valence-corrected chi connectivity index (χ0v) is 17.2. The molecular formula is C22H27N3O2S. The minimum absolute atomic E-state index is 0.0849. The van der Waals surface area contributed by atoms with Crippen LogP contribution in [0.15, 0.2) is 48.5 Å². The molecule has 0 saturated carbocycles. The molecule has 1 saturated heterocycles. The van der Waals surface area contributed by atoms with E-state index in [2.05, 4.69) is 34.6 Å². The second-order valence-electron chi connectivity index (χ2n) is 7.14. The lowest BCUT2D eigenvalue weighted by atomic mass is 10.0. The van der Waals surface area contributed by atoms with Gasteiger partial charge in [-0.1, -0.05) is 18.2 Å². The summed E-state index contributed by atoms with van der Waals surface area (Å²) in [5.74, 6) is 0.401. The first-order chi connectivity index (χ1) is 13.5. The summed E-state index contributed by atoms with van der Waals surface area (Å²) in [6.45, 7) is 5.23. The number of benzene rings is 2. The number of carbonyl (C=O) groups is 1. The number of piperidine rings is 1. The lowest BCUT2D eigenvalue weighted by Crippen LogP contribution is -2.37. The van der Waals surface area contributed by atoms with Crippen molar-refractivity contribution >= 4 is 34.6 Å². The van der Waals surface area contributed by atoms with Crippen molar-refractivity contribution in [3.8, 4) is 5.75 Å². The molecule has 1 fully saturated rings. The van der Waals surface area contributed by atoms with Gasteiger partial charge >= 0.3 is 0 Å². The Kier molecular flexibility index (Phi) is 6.87. The van der Waals surface area contributed by atoms with Gasteiger partial charge in [-0.25, -0.2) is 0 Å². The summed E-state index contributed by atoms with van der Waals surface area (Å²) in [5, 5.41) is 5.96. The molecule has 0 bridgehead atoms. The molecule has 3 rings (SSSR count). The predicted molar refractivity (Wildman–Crippen MR) is 118 cm³/mol. The molecule has 1 aliphatic heterocycles. The standard InChI is InChI=1S/C22H27N3O2S/c1-16-7-3-4-9-20(16)27-15-21(26)24-22(28)23-18-10-12-19(13-11-18)25-14-6-5-8-17(25)2/h3-4,7,9-13,17H,5-6,8,14-15H2,1-2H3,(H2,23,24,26,28)/t17-/m0/s1. The van der Waals surface area contributed by atoms with E-state index in [9.17, 15) is 4.79 Å². The summed E-state index contributed by atoms with van der Waals surface area (Å²) in [6.07, 6.45) is 3.78. The second kappa shape index (κ2) is 9.55. The van der Waals surface area contributed by atoms with E-state index in [1.807, 2.05) is 43.3 Å². The van der Waals surface area contributed by atoms with E-state index in [4.69, 9.17) is 17.0 Å². The molecule has 28 heavy (non-hydrogen) atoms. The topological polar surface area (TPSA) is 53.6 Å². The minimum atomic E-state index is -0.292. The molecule has 0 aromatic heterocycles. The van der Waals surface area contributed by atoms with Gasteiger partial charge in [0.15, 0.2) is 11.7 Å². The van der Waals surface area contributed by atoms with E-state index in [0.717, 1.165) is 17.8 Å². The summed E-state index contributed by atoms with van der Waals surface area (Å²) in [4.78, 5) is 14.5. The zero-order valence-electron chi connectivity index (χ0n) is 16.4. The number of ether oxygens (including phenoxy) is 1. The van der Waals surface area contributed by atoms with Gasteiger partial charge in [-0.05, 0) is 81.2 Å². The van der Waals surface area contributed by atoms with Crippen molar-refractivity contribution in [3.63, 3.8) is 0 Å². The lowest BCUT2D eigenvalue weighted by molar-refractivity contribution is -0.121. The average molecular weight is 398 g/mol. The zero-order chi connectivity index (χ0) is 19.9. The maximum absolute atomic E-state index is 12.1. The highest BCUT2D eigenvalue weighted by Crippen LogP contribution is 2.25. The number of carbonyl (C=O) groups excluding carboxylic acids is 1. The van der Waals surface area contributed by atoms with Gasteiger partial charge < -0.3 is 15.0 Å². The number of aryl methyl sites for hydroxylation is 1. The molecule has 2 N–H and O–H groups in total. The number of nitrogens with zero attached hydrogens (tertiary/aromatic N) is 1. The fraction of sp³-hybridized carbons (Fsp3) is 0.364. The molecular weight excluding hydrogens is 370 g/mol. The van der Waals surface area contributed by atoms with Gasteiger partial charge in [0, 0.05) is 24.0 Å². The highest BCUT2D eigenvalue weighted by molar-refractivity contribution is 7.80. The Morgan fingerprint density at radius 2 is 1.93 bits per heavy atom. The minimum Gasteiger partial charge on any atom is -0.483 e. The predicted octanol–water partition coefficient (Wildman–Crippen LogP) is 4.27. The number of rotatable bonds is 5. The number of hydrogen-bond acceptors (Lipinski definition) is 4. The molecule has 5 nitrogen and oxygen atoms in total. The Balaban J connectivity index is 1.47. The van der Waals surface area contributed by atoms with Crippen molar-refractivity contribution in [1.29, 1.82) is 0 Å². The largest absolute Gasteiger partial charge is 0.483 e. The van der Waals surface area contributed by atoms with Crippen LogP contribution in [0.2, 0.25) is 0 Å². The SMILES string of the molecule is Cc1ccccc1OCC(=O)NC(=S)Nc1ccc(N2CCCC[C@@H]2C)cc1. The second-order valence-corrected chi connectivity index (χ2v) is 7.55. The van der Waals surface area contributed by atoms with Crippen LogP contribution in [-0.4, -0.2) is 30.2 Å². The molecule has 2 aromatic carbocycles. The quantitative estimate of drug-likeness (QED) is 0.738. The van der Waals surface area contributed by atoms with E-state index in [-0.39, 0.29) is 17.6 Å². The highest BCUT2D eigenvalue weighted by atomic mass is 32.1. The highest BCUT2D eigenvalue weighted by Gasteiger charge is 2.18. The number of hydrogen-bond donors (Lipinski definition) is 2. The number of thiocarbonyl (C=S) groups is 1. The summed E-state index contributed by atoms with van der Waals surface area (Å²) >= 11 is 5.24. The van der Waals surface area contributed by atoms with Crippen molar-refractivity contribution < 1.29 is 9.53 Å². The van der Waals surface area contributed by atoms with Gasteiger partial charge in [-0.3, -0.25) is 10.1 Å². The van der Waals surface area contributed by atoms with E-state index in [0.29, 0.717) is 11.8 Å². The molecule has 1 atom stereocenters. The summed E-state index contributed by atoms with van der Waals surface area (Å²) < 4.78 is 5.54. The van der Waals surface area contributed by atoms with E-state index in [1.165, 1.54) is 24.9 Å².